The summed E-state index contributed by atoms with van der Waals surface area (Å²) in [5, 5.41) is 3.02. The predicted octanol–water partition coefficient (Wildman–Crippen LogP) is 1.31. The Kier molecular flexibility index (Phi) is 4.26. The molecule has 0 radical (unpaired) electrons. The Morgan fingerprint density at radius 1 is 1.56 bits per heavy atom. The van der Waals surface area contributed by atoms with E-state index >= 15 is 0 Å². The molecule has 1 amide bonds. The lowest BCUT2D eigenvalue weighted by Gasteiger charge is -2.12. The lowest BCUT2D eigenvalue weighted by Crippen LogP contribution is -2.30. The number of nitrogens with one attached hydrogen (secondary N) is 1. The fourth-order valence-electron chi connectivity index (χ4n) is 2.01. The molecular weight excluding hydrogens is 231 g/mol. The van der Waals surface area contributed by atoms with Crippen molar-refractivity contribution in [2.75, 3.05) is 6.54 Å². The van der Waals surface area contributed by atoms with Crippen molar-refractivity contribution in [3.05, 3.63) is 35.1 Å². The molecule has 2 rings (SSSR count). The van der Waals surface area contributed by atoms with Gasteiger partial charge >= 0.3 is 0 Å². The molecule has 0 spiro atoms. The van der Waals surface area contributed by atoms with Crippen molar-refractivity contribution in [1.82, 2.24) is 5.32 Å². The van der Waals surface area contributed by atoms with Gasteiger partial charge in [-0.05, 0) is 36.1 Å². The van der Waals surface area contributed by atoms with Crippen LogP contribution in [0.25, 0.3) is 0 Å². The lowest BCUT2D eigenvalue weighted by molar-refractivity contribution is -0.117. The van der Waals surface area contributed by atoms with Crippen molar-refractivity contribution < 1.29 is 9.18 Å². The zero-order chi connectivity index (χ0) is 10.8. The van der Waals surface area contributed by atoms with E-state index in [1.807, 2.05) is 0 Å². The van der Waals surface area contributed by atoms with Crippen molar-refractivity contribution in [1.29, 1.82) is 0 Å². The SMILES string of the molecule is Cl.NC(=O)CNC1CCc2ccc(F)cc21. The number of carbonyl (C=O) groups is 1. The summed E-state index contributed by atoms with van der Waals surface area (Å²) in [6.07, 6.45) is 1.82. The smallest absolute Gasteiger partial charge is 0.231 e. The molecule has 1 unspecified atom stereocenters. The van der Waals surface area contributed by atoms with Gasteiger partial charge in [0.1, 0.15) is 5.82 Å². The number of aryl methyl sites for hydroxylation is 1. The van der Waals surface area contributed by atoms with Gasteiger partial charge in [0.25, 0.3) is 0 Å². The first kappa shape index (κ1) is 12.9. The fourth-order valence-corrected chi connectivity index (χ4v) is 2.01. The molecule has 3 N–H and O–H groups in total. The maximum Gasteiger partial charge on any atom is 0.231 e. The monoisotopic (exact) mass is 244 g/mol. The molecule has 0 heterocycles. The van der Waals surface area contributed by atoms with Crippen LogP contribution in [0, 0.1) is 5.82 Å². The normalized spacial score (nSPS) is 17.7. The number of fused-ring (bicyclic) bond motifs is 1. The Bertz CT molecular complexity index is 398. The molecule has 0 aromatic heterocycles. The zero-order valence-corrected chi connectivity index (χ0v) is 9.52. The van der Waals surface area contributed by atoms with Crippen LogP contribution in [-0.4, -0.2) is 12.5 Å². The largest absolute Gasteiger partial charge is 0.369 e. The number of halogens is 2. The molecule has 0 saturated heterocycles. The highest BCUT2D eigenvalue weighted by molar-refractivity contribution is 5.85. The Hall–Kier alpha value is -1.13. The molecule has 1 aliphatic rings. The molecule has 0 aliphatic heterocycles. The average molecular weight is 245 g/mol. The van der Waals surface area contributed by atoms with E-state index in [0.717, 1.165) is 24.0 Å². The van der Waals surface area contributed by atoms with E-state index in [2.05, 4.69) is 5.32 Å². The molecule has 1 aliphatic carbocycles. The number of benzene rings is 1. The maximum atomic E-state index is 13.0. The third kappa shape index (κ3) is 2.71. The van der Waals surface area contributed by atoms with E-state index in [-0.39, 0.29) is 36.7 Å². The van der Waals surface area contributed by atoms with E-state index < -0.39 is 0 Å². The van der Waals surface area contributed by atoms with Crippen molar-refractivity contribution in [2.45, 2.75) is 18.9 Å². The van der Waals surface area contributed by atoms with Gasteiger partial charge < -0.3 is 11.1 Å². The van der Waals surface area contributed by atoms with E-state index in [1.165, 1.54) is 12.1 Å². The number of hydrogen-bond acceptors (Lipinski definition) is 2. The fraction of sp³-hybridized carbons (Fsp3) is 0.364. The lowest BCUT2D eigenvalue weighted by atomic mass is 10.1. The van der Waals surface area contributed by atoms with Crippen LogP contribution in [0.1, 0.15) is 23.6 Å². The van der Waals surface area contributed by atoms with Crippen LogP contribution in [0.15, 0.2) is 18.2 Å². The van der Waals surface area contributed by atoms with Crippen LogP contribution in [0.3, 0.4) is 0 Å². The summed E-state index contributed by atoms with van der Waals surface area (Å²) in [4.78, 5) is 10.6. The molecule has 16 heavy (non-hydrogen) atoms. The quantitative estimate of drug-likeness (QED) is 0.842. The highest BCUT2D eigenvalue weighted by atomic mass is 35.5. The Morgan fingerprint density at radius 2 is 2.31 bits per heavy atom. The van der Waals surface area contributed by atoms with Crippen molar-refractivity contribution in [2.24, 2.45) is 5.73 Å². The first-order valence-electron chi connectivity index (χ1n) is 4.97. The summed E-state index contributed by atoms with van der Waals surface area (Å²) in [6.45, 7) is 0.140. The molecular formula is C11H14ClFN2O. The minimum atomic E-state index is -0.389. The van der Waals surface area contributed by atoms with Crippen LogP contribution >= 0.6 is 12.4 Å². The van der Waals surface area contributed by atoms with Crippen LogP contribution in [0.5, 0.6) is 0 Å². The van der Waals surface area contributed by atoms with E-state index in [1.54, 1.807) is 6.07 Å². The van der Waals surface area contributed by atoms with E-state index in [0.29, 0.717) is 0 Å². The van der Waals surface area contributed by atoms with Gasteiger partial charge in [0.2, 0.25) is 5.91 Å². The second kappa shape index (κ2) is 5.27. The van der Waals surface area contributed by atoms with Crippen LogP contribution < -0.4 is 11.1 Å². The standard InChI is InChI=1S/C11H13FN2O.ClH/c12-8-3-1-7-2-4-10(9(7)5-8)14-6-11(13)15;/h1,3,5,10,14H,2,4,6H2,(H2,13,15);1H. The zero-order valence-electron chi connectivity index (χ0n) is 8.70. The molecule has 0 saturated carbocycles. The molecule has 1 atom stereocenters. The van der Waals surface area contributed by atoms with Crippen molar-refractivity contribution in [3.8, 4) is 0 Å². The second-order valence-electron chi connectivity index (χ2n) is 3.78. The summed E-state index contributed by atoms with van der Waals surface area (Å²) >= 11 is 0. The van der Waals surface area contributed by atoms with Crippen LogP contribution in [-0.2, 0) is 11.2 Å². The number of carbonyl (C=O) groups excluding carboxylic acids is 1. The minimum absolute atomic E-state index is 0. The first-order chi connectivity index (χ1) is 7.16. The van der Waals surface area contributed by atoms with Gasteiger partial charge in [-0.2, -0.15) is 0 Å². The van der Waals surface area contributed by atoms with Crippen molar-refractivity contribution >= 4 is 18.3 Å². The molecule has 3 nitrogen and oxygen atoms in total. The van der Waals surface area contributed by atoms with Gasteiger partial charge in [-0.25, -0.2) is 4.39 Å². The van der Waals surface area contributed by atoms with E-state index in [4.69, 9.17) is 5.73 Å². The second-order valence-corrected chi connectivity index (χ2v) is 3.78. The van der Waals surface area contributed by atoms with Gasteiger partial charge in [0.15, 0.2) is 0 Å². The number of nitrogens with two attached hydrogens (primary N) is 1. The number of primary amides is 1. The van der Waals surface area contributed by atoms with Gasteiger partial charge in [-0.15, -0.1) is 12.4 Å². The highest BCUT2D eigenvalue weighted by Gasteiger charge is 2.22. The average Bonchev–Trinajstić information content (AvgIpc) is 2.57. The summed E-state index contributed by atoms with van der Waals surface area (Å²) in [5.74, 6) is -0.624. The summed E-state index contributed by atoms with van der Waals surface area (Å²) in [6, 6.07) is 4.86. The third-order valence-electron chi connectivity index (χ3n) is 2.71. The van der Waals surface area contributed by atoms with Crippen LogP contribution in [0.4, 0.5) is 4.39 Å². The summed E-state index contributed by atoms with van der Waals surface area (Å²) in [7, 11) is 0. The Labute approximate surface area is 99.6 Å². The Balaban J connectivity index is 0.00000128. The molecule has 88 valence electrons. The van der Waals surface area contributed by atoms with Crippen LogP contribution in [0.2, 0.25) is 0 Å². The third-order valence-corrected chi connectivity index (χ3v) is 2.71. The van der Waals surface area contributed by atoms with Gasteiger partial charge in [-0.3, -0.25) is 4.79 Å². The van der Waals surface area contributed by atoms with Gasteiger partial charge in [0, 0.05) is 6.04 Å². The molecule has 5 heteroatoms. The summed E-state index contributed by atoms with van der Waals surface area (Å²) in [5.41, 5.74) is 7.15. The number of amides is 1. The topological polar surface area (TPSA) is 55.1 Å². The molecule has 1 aromatic carbocycles. The van der Waals surface area contributed by atoms with Gasteiger partial charge in [-0.1, -0.05) is 6.07 Å². The molecule has 0 bridgehead atoms. The molecule has 0 fully saturated rings. The minimum Gasteiger partial charge on any atom is -0.369 e. The predicted molar refractivity (Wildman–Crippen MR) is 61.9 cm³/mol. The maximum absolute atomic E-state index is 13.0. The summed E-state index contributed by atoms with van der Waals surface area (Å²) < 4.78 is 13.0. The number of rotatable bonds is 3. The van der Waals surface area contributed by atoms with Gasteiger partial charge in [0.05, 0.1) is 6.54 Å². The first-order valence-corrected chi connectivity index (χ1v) is 4.97. The number of hydrogen-bond donors (Lipinski definition) is 2. The van der Waals surface area contributed by atoms with E-state index in [9.17, 15) is 9.18 Å². The van der Waals surface area contributed by atoms with Crippen molar-refractivity contribution in [3.63, 3.8) is 0 Å². The Morgan fingerprint density at radius 3 is 3.00 bits per heavy atom. The molecule has 1 aromatic rings. The highest BCUT2D eigenvalue weighted by Crippen LogP contribution is 2.31.